The predicted molar refractivity (Wildman–Crippen MR) is 88.8 cm³/mol. The lowest BCUT2D eigenvalue weighted by atomic mass is 10.2. The van der Waals surface area contributed by atoms with Crippen molar-refractivity contribution in [3.8, 4) is 5.88 Å². The molecule has 1 N–H and O–H groups in total. The standard InChI is InChI=1S/C16H19ClN4O4/c1-10-20-14(25-21-10)3-2-5-18-15(22)11-7-13(17)16(19-8-11)24-12-4-6-23-9-12/h7-8,12H,2-6,9H2,1H3,(H,18,22). The van der Waals surface area contributed by atoms with Crippen molar-refractivity contribution in [3.05, 3.63) is 34.6 Å². The van der Waals surface area contributed by atoms with Gasteiger partial charge in [-0.05, 0) is 19.4 Å². The highest BCUT2D eigenvalue weighted by molar-refractivity contribution is 6.32. The lowest BCUT2D eigenvalue weighted by Crippen LogP contribution is -2.25. The summed E-state index contributed by atoms with van der Waals surface area (Å²) in [6, 6.07) is 1.55. The molecule has 8 nitrogen and oxygen atoms in total. The van der Waals surface area contributed by atoms with Crippen LogP contribution in [0.4, 0.5) is 0 Å². The monoisotopic (exact) mass is 366 g/mol. The Morgan fingerprint density at radius 2 is 2.40 bits per heavy atom. The van der Waals surface area contributed by atoms with Crippen LogP contribution in [0.2, 0.25) is 5.02 Å². The highest BCUT2D eigenvalue weighted by Crippen LogP contribution is 2.25. The normalized spacial score (nSPS) is 16.8. The van der Waals surface area contributed by atoms with E-state index >= 15 is 0 Å². The Bertz CT molecular complexity index is 731. The third-order valence-electron chi connectivity index (χ3n) is 3.66. The van der Waals surface area contributed by atoms with Crippen molar-refractivity contribution in [2.24, 2.45) is 0 Å². The van der Waals surface area contributed by atoms with Crippen LogP contribution in [-0.2, 0) is 11.2 Å². The van der Waals surface area contributed by atoms with Gasteiger partial charge in [-0.3, -0.25) is 4.79 Å². The van der Waals surface area contributed by atoms with E-state index in [1.165, 1.54) is 6.20 Å². The number of halogens is 1. The third kappa shape index (κ3) is 4.90. The number of carbonyl (C=O) groups excluding carboxylic acids is 1. The predicted octanol–water partition coefficient (Wildman–Crippen LogP) is 1.96. The molecular weight excluding hydrogens is 348 g/mol. The van der Waals surface area contributed by atoms with Gasteiger partial charge in [0, 0.05) is 25.6 Å². The minimum atomic E-state index is -0.244. The van der Waals surface area contributed by atoms with Gasteiger partial charge >= 0.3 is 0 Å². The van der Waals surface area contributed by atoms with Crippen LogP contribution in [0.25, 0.3) is 0 Å². The van der Waals surface area contributed by atoms with Crippen molar-refractivity contribution in [2.75, 3.05) is 19.8 Å². The molecule has 3 heterocycles. The Balaban J connectivity index is 1.47. The second-order valence-electron chi connectivity index (χ2n) is 5.71. The average Bonchev–Trinajstić information content (AvgIpc) is 3.25. The summed E-state index contributed by atoms with van der Waals surface area (Å²) in [5, 5.41) is 6.83. The molecule has 1 saturated heterocycles. The minimum absolute atomic E-state index is 0.0435. The molecule has 3 rings (SSSR count). The van der Waals surface area contributed by atoms with Crippen LogP contribution in [0.15, 0.2) is 16.8 Å². The van der Waals surface area contributed by atoms with Gasteiger partial charge in [0.2, 0.25) is 11.8 Å². The van der Waals surface area contributed by atoms with Crippen LogP contribution in [0.3, 0.4) is 0 Å². The van der Waals surface area contributed by atoms with Crippen molar-refractivity contribution in [1.29, 1.82) is 0 Å². The van der Waals surface area contributed by atoms with Gasteiger partial charge in [-0.2, -0.15) is 4.98 Å². The van der Waals surface area contributed by atoms with Crippen LogP contribution < -0.4 is 10.1 Å². The maximum absolute atomic E-state index is 12.1. The number of aryl methyl sites for hydroxylation is 2. The lowest BCUT2D eigenvalue weighted by molar-refractivity contribution is 0.0952. The van der Waals surface area contributed by atoms with E-state index in [4.69, 9.17) is 25.6 Å². The first-order valence-corrected chi connectivity index (χ1v) is 8.47. The van der Waals surface area contributed by atoms with Gasteiger partial charge in [-0.15, -0.1) is 0 Å². The largest absolute Gasteiger partial charge is 0.471 e. The van der Waals surface area contributed by atoms with Crippen LogP contribution >= 0.6 is 11.6 Å². The molecule has 0 aliphatic carbocycles. The second-order valence-corrected chi connectivity index (χ2v) is 6.12. The number of carbonyl (C=O) groups is 1. The molecule has 134 valence electrons. The molecule has 0 bridgehead atoms. The Kier molecular flexibility index (Phi) is 5.83. The van der Waals surface area contributed by atoms with E-state index in [-0.39, 0.29) is 12.0 Å². The Labute approximate surface area is 149 Å². The third-order valence-corrected chi connectivity index (χ3v) is 3.93. The number of amides is 1. The lowest BCUT2D eigenvalue weighted by Gasteiger charge is -2.12. The molecule has 1 atom stereocenters. The van der Waals surface area contributed by atoms with E-state index in [1.807, 2.05) is 0 Å². The summed E-state index contributed by atoms with van der Waals surface area (Å²) in [4.78, 5) is 20.4. The summed E-state index contributed by atoms with van der Waals surface area (Å²) in [5.41, 5.74) is 0.383. The topological polar surface area (TPSA) is 99.4 Å². The van der Waals surface area contributed by atoms with Crippen molar-refractivity contribution in [2.45, 2.75) is 32.3 Å². The molecule has 2 aromatic heterocycles. The maximum atomic E-state index is 12.1. The molecule has 0 aromatic carbocycles. The number of ether oxygens (including phenoxy) is 2. The fraction of sp³-hybridized carbons (Fsp3) is 0.500. The van der Waals surface area contributed by atoms with Crippen LogP contribution in [0, 0.1) is 6.92 Å². The number of hydrogen-bond donors (Lipinski definition) is 1. The smallest absolute Gasteiger partial charge is 0.252 e. The quantitative estimate of drug-likeness (QED) is 0.747. The molecule has 1 unspecified atom stereocenters. The number of rotatable bonds is 7. The van der Waals surface area contributed by atoms with Gasteiger partial charge in [0.25, 0.3) is 5.91 Å². The molecule has 1 fully saturated rings. The Hall–Kier alpha value is -2.19. The molecule has 2 aromatic rings. The number of aromatic nitrogens is 3. The molecule has 9 heteroatoms. The van der Waals surface area contributed by atoms with E-state index in [1.54, 1.807) is 13.0 Å². The van der Waals surface area contributed by atoms with Crippen LogP contribution in [0.1, 0.15) is 34.9 Å². The van der Waals surface area contributed by atoms with E-state index < -0.39 is 0 Å². The average molecular weight is 367 g/mol. The van der Waals surface area contributed by atoms with Gasteiger partial charge in [0.05, 0.1) is 18.8 Å². The first-order valence-electron chi connectivity index (χ1n) is 8.09. The summed E-state index contributed by atoms with van der Waals surface area (Å²) in [7, 11) is 0. The molecule has 1 aliphatic heterocycles. The van der Waals surface area contributed by atoms with Gasteiger partial charge in [0.15, 0.2) is 5.82 Å². The van der Waals surface area contributed by atoms with Gasteiger partial charge in [-0.1, -0.05) is 16.8 Å². The van der Waals surface area contributed by atoms with E-state index in [0.717, 1.165) is 6.42 Å². The highest BCUT2D eigenvalue weighted by Gasteiger charge is 2.20. The van der Waals surface area contributed by atoms with Crippen molar-refractivity contribution >= 4 is 17.5 Å². The zero-order valence-corrected chi connectivity index (χ0v) is 14.6. The fourth-order valence-electron chi connectivity index (χ4n) is 2.39. The van der Waals surface area contributed by atoms with Gasteiger partial charge in [-0.25, -0.2) is 4.98 Å². The fourth-order valence-corrected chi connectivity index (χ4v) is 2.60. The summed E-state index contributed by atoms with van der Waals surface area (Å²) in [5.74, 6) is 1.24. The summed E-state index contributed by atoms with van der Waals surface area (Å²) >= 11 is 6.16. The molecule has 0 spiro atoms. The zero-order valence-electron chi connectivity index (χ0n) is 13.8. The maximum Gasteiger partial charge on any atom is 0.252 e. The zero-order chi connectivity index (χ0) is 17.6. The van der Waals surface area contributed by atoms with Crippen LogP contribution in [-0.4, -0.2) is 46.9 Å². The first kappa shape index (κ1) is 17.6. The minimum Gasteiger partial charge on any atom is -0.471 e. The van der Waals surface area contributed by atoms with Gasteiger partial charge in [0.1, 0.15) is 11.1 Å². The summed E-state index contributed by atoms with van der Waals surface area (Å²) in [6.45, 7) is 3.44. The molecular formula is C16H19ClN4O4. The van der Waals surface area contributed by atoms with Crippen molar-refractivity contribution in [3.63, 3.8) is 0 Å². The highest BCUT2D eigenvalue weighted by atomic mass is 35.5. The molecule has 1 amide bonds. The Morgan fingerprint density at radius 3 is 3.08 bits per heavy atom. The first-order chi connectivity index (χ1) is 12.1. The number of hydrogen-bond acceptors (Lipinski definition) is 7. The van der Waals surface area contributed by atoms with Crippen LogP contribution in [0.5, 0.6) is 5.88 Å². The number of pyridine rings is 1. The molecule has 1 aliphatic rings. The molecule has 25 heavy (non-hydrogen) atoms. The number of nitrogens with zero attached hydrogens (tertiary/aromatic N) is 3. The number of nitrogens with one attached hydrogen (secondary N) is 1. The van der Waals surface area contributed by atoms with Crippen molar-refractivity contribution in [1.82, 2.24) is 20.4 Å². The van der Waals surface area contributed by atoms with E-state index in [2.05, 4.69) is 20.4 Å². The van der Waals surface area contributed by atoms with E-state index in [9.17, 15) is 4.79 Å². The van der Waals surface area contributed by atoms with Gasteiger partial charge < -0.3 is 19.3 Å². The Morgan fingerprint density at radius 1 is 1.52 bits per heavy atom. The summed E-state index contributed by atoms with van der Waals surface area (Å²) in [6.07, 6.45) is 3.51. The SMILES string of the molecule is Cc1noc(CCCNC(=O)c2cnc(OC3CCOC3)c(Cl)c2)n1. The van der Waals surface area contributed by atoms with E-state index in [0.29, 0.717) is 60.8 Å². The second kappa shape index (κ2) is 8.26. The van der Waals surface area contributed by atoms with Crippen molar-refractivity contribution < 1.29 is 18.8 Å². The molecule has 0 saturated carbocycles. The molecule has 0 radical (unpaired) electrons. The summed E-state index contributed by atoms with van der Waals surface area (Å²) < 4.78 is 15.9.